The third-order valence-electron chi connectivity index (χ3n) is 2.86. The van der Waals surface area contributed by atoms with Crippen LogP contribution in [0.15, 0.2) is 12.4 Å². The summed E-state index contributed by atoms with van der Waals surface area (Å²) in [5.74, 6) is 0. The van der Waals surface area contributed by atoms with E-state index in [4.69, 9.17) is 4.74 Å². The van der Waals surface area contributed by atoms with E-state index in [1.807, 2.05) is 20.8 Å². The molecule has 19 heavy (non-hydrogen) atoms. The van der Waals surface area contributed by atoms with Crippen LogP contribution in [0.5, 0.6) is 0 Å². The Kier molecular flexibility index (Phi) is 4.20. The largest absolute Gasteiger partial charge is 0.370 e. The first-order valence-electron chi connectivity index (χ1n) is 6.51. The van der Waals surface area contributed by atoms with Gasteiger partial charge in [0, 0.05) is 31.4 Å². The molecular formula is C13H21F2N3O. The van der Waals surface area contributed by atoms with Crippen molar-refractivity contribution < 1.29 is 13.5 Å². The molecule has 0 N–H and O–H groups in total. The van der Waals surface area contributed by atoms with Crippen molar-refractivity contribution in [3.63, 3.8) is 0 Å². The Balaban J connectivity index is 1.74. The lowest BCUT2D eigenvalue weighted by atomic mass is 10.1. The van der Waals surface area contributed by atoms with E-state index in [0.29, 0.717) is 0 Å². The van der Waals surface area contributed by atoms with E-state index < -0.39 is 6.43 Å². The number of rotatable bonds is 5. The molecule has 0 saturated carbocycles. The molecule has 1 fully saturated rings. The van der Waals surface area contributed by atoms with Crippen molar-refractivity contribution in [1.82, 2.24) is 14.7 Å². The summed E-state index contributed by atoms with van der Waals surface area (Å²) in [6, 6.07) is 0. The van der Waals surface area contributed by atoms with Crippen LogP contribution in [0.1, 0.15) is 26.3 Å². The molecular weight excluding hydrogens is 252 g/mol. The van der Waals surface area contributed by atoms with Crippen LogP contribution in [0.4, 0.5) is 8.78 Å². The maximum atomic E-state index is 12.2. The number of hydrogen-bond acceptors (Lipinski definition) is 3. The Morgan fingerprint density at radius 1 is 1.42 bits per heavy atom. The van der Waals surface area contributed by atoms with Crippen LogP contribution >= 0.6 is 0 Å². The van der Waals surface area contributed by atoms with Gasteiger partial charge in [0.25, 0.3) is 6.43 Å². The monoisotopic (exact) mass is 273 g/mol. The first-order chi connectivity index (χ1) is 8.82. The fraction of sp³-hybridized carbons (Fsp3) is 0.769. The molecule has 0 bridgehead atoms. The average molecular weight is 273 g/mol. The Hall–Kier alpha value is -1.01. The second kappa shape index (κ2) is 5.54. The van der Waals surface area contributed by atoms with Crippen molar-refractivity contribution >= 4 is 0 Å². The third-order valence-corrected chi connectivity index (χ3v) is 2.86. The molecule has 0 spiro atoms. The highest BCUT2D eigenvalue weighted by Gasteiger charge is 2.30. The lowest BCUT2D eigenvalue weighted by molar-refractivity contribution is -0.126. The molecule has 0 aliphatic carbocycles. The van der Waals surface area contributed by atoms with E-state index in [1.165, 1.54) is 4.68 Å². The van der Waals surface area contributed by atoms with Gasteiger partial charge in [-0.05, 0) is 20.8 Å². The van der Waals surface area contributed by atoms with Gasteiger partial charge >= 0.3 is 0 Å². The molecule has 1 aliphatic heterocycles. The summed E-state index contributed by atoms with van der Waals surface area (Å²) < 4.78 is 31.5. The van der Waals surface area contributed by atoms with Gasteiger partial charge in [0.05, 0.1) is 17.9 Å². The fourth-order valence-corrected chi connectivity index (χ4v) is 2.21. The molecule has 6 heteroatoms. The topological polar surface area (TPSA) is 30.3 Å². The van der Waals surface area contributed by atoms with Crippen molar-refractivity contribution in [2.24, 2.45) is 0 Å². The van der Waals surface area contributed by atoms with Crippen LogP contribution in [0, 0.1) is 0 Å². The quantitative estimate of drug-likeness (QED) is 0.823. The summed E-state index contributed by atoms with van der Waals surface area (Å²) >= 11 is 0. The smallest absolute Gasteiger partial charge is 0.257 e. The summed E-state index contributed by atoms with van der Waals surface area (Å²) in [7, 11) is 0. The molecule has 1 aromatic rings. The van der Waals surface area contributed by atoms with Gasteiger partial charge in [-0.15, -0.1) is 0 Å². The maximum Gasteiger partial charge on any atom is 0.257 e. The van der Waals surface area contributed by atoms with E-state index in [0.717, 1.165) is 25.2 Å². The van der Waals surface area contributed by atoms with E-state index in [-0.39, 0.29) is 18.2 Å². The van der Waals surface area contributed by atoms with Crippen molar-refractivity contribution in [3.8, 4) is 0 Å². The zero-order chi connectivity index (χ0) is 14.0. The van der Waals surface area contributed by atoms with Crippen LogP contribution in [-0.2, 0) is 17.8 Å². The third kappa shape index (κ3) is 4.54. The number of aromatic nitrogens is 2. The highest BCUT2D eigenvalue weighted by Crippen LogP contribution is 2.20. The highest BCUT2D eigenvalue weighted by molar-refractivity contribution is 5.05. The van der Waals surface area contributed by atoms with E-state index in [9.17, 15) is 8.78 Å². The van der Waals surface area contributed by atoms with E-state index in [2.05, 4.69) is 10.00 Å². The summed E-state index contributed by atoms with van der Waals surface area (Å²) in [6.07, 6.45) is 1.25. The van der Waals surface area contributed by atoms with Gasteiger partial charge in [0.15, 0.2) is 0 Å². The molecule has 2 rings (SSSR count). The first-order valence-corrected chi connectivity index (χ1v) is 6.51. The van der Waals surface area contributed by atoms with Crippen LogP contribution in [-0.4, -0.2) is 45.9 Å². The number of alkyl halides is 2. The van der Waals surface area contributed by atoms with Crippen LogP contribution in [0.2, 0.25) is 0 Å². The average Bonchev–Trinajstić information content (AvgIpc) is 2.59. The van der Waals surface area contributed by atoms with Gasteiger partial charge in [-0.1, -0.05) is 0 Å². The van der Waals surface area contributed by atoms with Gasteiger partial charge in [-0.3, -0.25) is 9.58 Å². The molecule has 2 heterocycles. The molecule has 1 aliphatic rings. The second-order valence-corrected chi connectivity index (χ2v) is 6.01. The van der Waals surface area contributed by atoms with Crippen molar-refractivity contribution in [1.29, 1.82) is 0 Å². The number of nitrogens with zero attached hydrogens (tertiary/aromatic N) is 3. The molecule has 1 saturated heterocycles. The minimum atomic E-state index is -2.36. The second-order valence-electron chi connectivity index (χ2n) is 6.01. The molecule has 1 aromatic heterocycles. The minimum absolute atomic E-state index is 0.112. The van der Waals surface area contributed by atoms with Crippen molar-refractivity contribution in [2.45, 2.75) is 52.0 Å². The van der Waals surface area contributed by atoms with Crippen molar-refractivity contribution in [2.75, 3.05) is 13.1 Å². The van der Waals surface area contributed by atoms with Gasteiger partial charge < -0.3 is 4.74 Å². The summed E-state index contributed by atoms with van der Waals surface area (Å²) in [5.41, 5.74) is 0.855. The zero-order valence-electron chi connectivity index (χ0n) is 11.6. The number of ether oxygens (including phenoxy) is 1. The predicted octanol–water partition coefficient (Wildman–Crippen LogP) is 2.15. The first kappa shape index (κ1) is 14.4. The Labute approximate surface area is 112 Å². The molecule has 0 aromatic carbocycles. The Bertz CT molecular complexity index is 408. The molecule has 108 valence electrons. The molecule has 0 unspecified atom stereocenters. The van der Waals surface area contributed by atoms with Crippen LogP contribution < -0.4 is 0 Å². The van der Waals surface area contributed by atoms with Crippen molar-refractivity contribution in [3.05, 3.63) is 18.0 Å². The maximum absolute atomic E-state index is 12.2. The van der Waals surface area contributed by atoms with E-state index >= 15 is 0 Å². The lowest BCUT2D eigenvalue weighted by Crippen LogP contribution is -2.53. The fourth-order valence-electron chi connectivity index (χ4n) is 2.21. The summed E-state index contributed by atoms with van der Waals surface area (Å²) in [6.45, 7) is 8.32. The number of hydrogen-bond donors (Lipinski definition) is 0. The van der Waals surface area contributed by atoms with Gasteiger partial charge in [0.2, 0.25) is 0 Å². The molecule has 0 radical (unpaired) electrons. The number of likely N-dealkylation sites (tertiary alicyclic amines) is 1. The predicted molar refractivity (Wildman–Crippen MR) is 68.1 cm³/mol. The Morgan fingerprint density at radius 2 is 2.11 bits per heavy atom. The van der Waals surface area contributed by atoms with Crippen LogP contribution in [0.3, 0.4) is 0 Å². The summed E-state index contributed by atoms with van der Waals surface area (Å²) in [4.78, 5) is 2.22. The number of halogens is 2. The highest BCUT2D eigenvalue weighted by atomic mass is 19.3. The molecule has 0 atom stereocenters. The summed E-state index contributed by atoms with van der Waals surface area (Å²) in [5, 5.41) is 3.92. The standard InChI is InChI=1S/C13H21F2N3O/c1-13(2,3)19-11-7-17(8-11)5-10-4-16-18(6-10)9-12(14)15/h4,6,11-12H,5,7-9H2,1-3H3. The SMILES string of the molecule is CC(C)(C)OC1CN(Cc2cnn(CC(F)F)c2)C1. The van der Waals surface area contributed by atoms with Gasteiger partial charge in [0.1, 0.15) is 6.54 Å². The normalized spacial score (nSPS) is 18.0. The van der Waals surface area contributed by atoms with Gasteiger partial charge in [-0.2, -0.15) is 5.10 Å². The molecule has 4 nitrogen and oxygen atoms in total. The Morgan fingerprint density at radius 3 is 2.68 bits per heavy atom. The van der Waals surface area contributed by atoms with Crippen LogP contribution in [0.25, 0.3) is 0 Å². The molecule has 0 amide bonds. The minimum Gasteiger partial charge on any atom is -0.370 e. The van der Waals surface area contributed by atoms with Gasteiger partial charge in [-0.25, -0.2) is 8.78 Å². The van der Waals surface area contributed by atoms with E-state index in [1.54, 1.807) is 12.4 Å². The lowest BCUT2D eigenvalue weighted by Gasteiger charge is -2.41. The zero-order valence-corrected chi connectivity index (χ0v) is 11.6.